The van der Waals surface area contributed by atoms with E-state index in [4.69, 9.17) is 4.52 Å². The zero-order valence-corrected chi connectivity index (χ0v) is 8.92. The van der Waals surface area contributed by atoms with E-state index in [1.165, 1.54) is 0 Å². The monoisotopic (exact) mass is 208 g/mol. The number of rotatable bonds is 3. The molecule has 1 aromatic rings. The normalized spacial score (nSPS) is 16.5. The number of hydrogen-bond acceptors (Lipinski definition) is 5. The fourth-order valence-corrected chi connectivity index (χ4v) is 1.73. The van der Waals surface area contributed by atoms with Gasteiger partial charge in [-0.2, -0.15) is 0 Å². The van der Waals surface area contributed by atoms with Gasteiger partial charge in [-0.15, -0.1) is 0 Å². The van der Waals surface area contributed by atoms with E-state index >= 15 is 0 Å². The quantitative estimate of drug-likeness (QED) is 0.761. The van der Waals surface area contributed by atoms with Gasteiger partial charge in [0.25, 0.3) is 0 Å². The lowest BCUT2D eigenvalue weighted by molar-refractivity contribution is 0.341. The largest absolute Gasteiger partial charge is 0.369 e. The Morgan fingerprint density at radius 1 is 1.60 bits per heavy atom. The van der Waals surface area contributed by atoms with Crippen molar-refractivity contribution in [3.05, 3.63) is 18.3 Å². The van der Waals surface area contributed by atoms with Crippen LogP contribution in [0.4, 0.5) is 5.88 Å². The van der Waals surface area contributed by atoms with Gasteiger partial charge in [-0.05, 0) is 0 Å². The summed E-state index contributed by atoms with van der Waals surface area (Å²) in [4.78, 5) is 2.24. The summed E-state index contributed by atoms with van der Waals surface area (Å²) in [5.41, 5.74) is 1.92. The highest BCUT2D eigenvalue weighted by Gasteiger charge is 2.17. The average molecular weight is 208 g/mol. The lowest BCUT2D eigenvalue weighted by Gasteiger charge is -2.30. The highest BCUT2D eigenvalue weighted by atomic mass is 16.5. The molecule has 5 heteroatoms. The number of piperazine rings is 1. The molecule has 1 aliphatic heterocycles. The van der Waals surface area contributed by atoms with Crippen LogP contribution in [0.3, 0.4) is 0 Å². The molecule has 1 aromatic heterocycles. The Morgan fingerprint density at radius 3 is 3.00 bits per heavy atom. The molecule has 2 N–H and O–H groups in total. The Labute approximate surface area is 89.1 Å². The lowest BCUT2D eigenvalue weighted by Crippen LogP contribution is -2.42. The second-order valence-corrected chi connectivity index (χ2v) is 3.50. The molecular weight excluding hydrogens is 192 g/mol. The molecule has 0 aliphatic carbocycles. The molecule has 1 fully saturated rings. The van der Waals surface area contributed by atoms with E-state index in [1.54, 1.807) is 6.20 Å². The van der Waals surface area contributed by atoms with Crippen LogP contribution >= 0.6 is 0 Å². The molecular formula is C10H16N4O. The summed E-state index contributed by atoms with van der Waals surface area (Å²) in [5, 5.41) is 10.0. The predicted molar refractivity (Wildman–Crippen MR) is 59.5 cm³/mol. The van der Waals surface area contributed by atoms with E-state index in [0.717, 1.165) is 37.4 Å². The minimum absolute atomic E-state index is 0.679. The number of hydrogen-bond donors (Lipinski definition) is 2. The third kappa shape index (κ3) is 1.97. The van der Waals surface area contributed by atoms with E-state index in [0.29, 0.717) is 5.88 Å². The van der Waals surface area contributed by atoms with Gasteiger partial charge in [0.1, 0.15) is 0 Å². The van der Waals surface area contributed by atoms with Crippen molar-refractivity contribution in [3.8, 4) is 0 Å². The molecule has 15 heavy (non-hydrogen) atoms. The number of nitrogens with zero attached hydrogens (tertiary/aromatic N) is 2. The van der Waals surface area contributed by atoms with Gasteiger partial charge >= 0.3 is 0 Å². The molecule has 0 aromatic carbocycles. The van der Waals surface area contributed by atoms with Crippen molar-refractivity contribution in [3.63, 3.8) is 0 Å². The first-order chi connectivity index (χ1) is 7.33. The molecule has 0 amide bonds. The highest BCUT2D eigenvalue weighted by molar-refractivity contribution is 5.69. The van der Waals surface area contributed by atoms with Gasteiger partial charge in [-0.1, -0.05) is 11.7 Å². The molecule has 0 saturated carbocycles. The van der Waals surface area contributed by atoms with E-state index < -0.39 is 0 Å². The molecule has 1 saturated heterocycles. The first kappa shape index (κ1) is 10.0. The Bertz CT molecular complexity index is 341. The fourth-order valence-electron chi connectivity index (χ4n) is 1.73. The SMILES string of the molecule is C=C(c1cnoc1NC)N1CCNCC1. The van der Waals surface area contributed by atoms with Crippen LogP contribution < -0.4 is 10.6 Å². The van der Waals surface area contributed by atoms with Crippen LogP contribution in [0.25, 0.3) is 5.70 Å². The van der Waals surface area contributed by atoms with E-state index in [2.05, 4.69) is 27.3 Å². The summed E-state index contributed by atoms with van der Waals surface area (Å²) in [7, 11) is 1.81. The first-order valence-corrected chi connectivity index (χ1v) is 5.10. The molecule has 0 bridgehead atoms. The lowest BCUT2D eigenvalue weighted by atomic mass is 10.2. The summed E-state index contributed by atoms with van der Waals surface area (Å²) >= 11 is 0. The number of aromatic nitrogens is 1. The standard InChI is InChI=1S/C10H16N4O/c1-8(14-5-3-12-4-6-14)9-7-13-15-10(9)11-2/h7,11-12H,1,3-6H2,2H3. The van der Waals surface area contributed by atoms with Crippen molar-refractivity contribution in [1.29, 1.82) is 0 Å². The van der Waals surface area contributed by atoms with Crippen LogP contribution in [0.5, 0.6) is 0 Å². The van der Waals surface area contributed by atoms with Gasteiger partial charge in [0.05, 0.1) is 11.8 Å². The van der Waals surface area contributed by atoms with E-state index in [1.807, 2.05) is 7.05 Å². The third-order valence-electron chi connectivity index (χ3n) is 2.61. The Hall–Kier alpha value is -1.49. The van der Waals surface area contributed by atoms with Crippen LogP contribution in [0.1, 0.15) is 5.56 Å². The predicted octanol–water partition coefficient (Wildman–Crippen LogP) is 0.592. The van der Waals surface area contributed by atoms with Crippen molar-refractivity contribution in [2.75, 3.05) is 38.5 Å². The maximum atomic E-state index is 5.06. The molecule has 2 rings (SSSR count). The maximum Gasteiger partial charge on any atom is 0.233 e. The van der Waals surface area contributed by atoms with Gasteiger partial charge in [0.15, 0.2) is 0 Å². The van der Waals surface area contributed by atoms with Crippen molar-refractivity contribution < 1.29 is 4.52 Å². The van der Waals surface area contributed by atoms with Crippen molar-refractivity contribution in [2.24, 2.45) is 0 Å². The molecule has 82 valence electrons. The smallest absolute Gasteiger partial charge is 0.233 e. The zero-order valence-electron chi connectivity index (χ0n) is 8.92. The summed E-state index contributed by atoms with van der Waals surface area (Å²) in [5.74, 6) is 0.679. The summed E-state index contributed by atoms with van der Waals surface area (Å²) in [6, 6.07) is 0. The van der Waals surface area contributed by atoms with Crippen molar-refractivity contribution in [2.45, 2.75) is 0 Å². The fraction of sp³-hybridized carbons (Fsp3) is 0.500. The maximum absolute atomic E-state index is 5.06. The van der Waals surface area contributed by atoms with Crippen LogP contribution in [0, 0.1) is 0 Å². The molecule has 0 radical (unpaired) electrons. The summed E-state index contributed by atoms with van der Waals surface area (Å²) in [6.45, 7) is 8.04. The van der Waals surface area contributed by atoms with Gasteiger partial charge in [-0.3, -0.25) is 0 Å². The van der Waals surface area contributed by atoms with Gasteiger partial charge in [-0.25, -0.2) is 0 Å². The molecule has 0 atom stereocenters. The van der Waals surface area contributed by atoms with Crippen LogP contribution in [-0.4, -0.2) is 43.3 Å². The van der Waals surface area contributed by atoms with E-state index in [9.17, 15) is 0 Å². The van der Waals surface area contributed by atoms with Crippen LogP contribution in [0.2, 0.25) is 0 Å². The molecule has 0 unspecified atom stereocenters. The summed E-state index contributed by atoms with van der Waals surface area (Å²) < 4.78 is 5.06. The van der Waals surface area contributed by atoms with Crippen LogP contribution in [0.15, 0.2) is 17.3 Å². The Kier molecular flexibility index (Phi) is 2.91. The highest BCUT2D eigenvalue weighted by Crippen LogP contribution is 2.24. The van der Waals surface area contributed by atoms with E-state index in [-0.39, 0.29) is 0 Å². The molecule has 1 aliphatic rings. The van der Waals surface area contributed by atoms with Gasteiger partial charge in [0.2, 0.25) is 5.88 Å². The van der Waals surface area contributed by atoms with Gasteiger partial charge < -0.3 is 20.1 Å². The topological polar surface area (TPSA) is 53.3 Å². The molecule has 0 spiro atoms. The second-order valence-electron chi connectivity index (χ2n) is 3.50. The third-order valence-corrected chi connectivity index (χ3v) is 2.61. The number of anilines is 1. The minimum atomic E-state index is 0.679. The Balaban J connectivity index is 2.12. The first-order valence-electron chi connectivity index (χ1n) is 5.10. The molecule has 5 nitrogen and oxygen atoms in total. The van der Waals surface area contributed by atoms with Crippen molar-refractivity contribution >= 4 is 11.6 Å². The Morgan fingerprint density at radius 2 is 2.33 bits per heavy atom. The molecule has 2 heterocycles. The van der Waals surface area contributed by atoms with Crippen LogP contribution in [-0.2, 0) is 0 Å². The minimum Gasteiger partial charge on any atom is -0.369 e. The second kappa shape index (κ2) is 4.35. The zero-order chi connectivity index (χ0) is 10.7. The van der Waals surface area contributed by atoms with Gasteiger partial charge in [0, 0.05) is 38.9 Å². The van der Waals surface area contributed by atoms with Crippen molar-refractivity contribution in [1.82, 2.24) is 15.4 Å². The summed E-state index contributed by atoms with van der Waals surface area (Å²) in [6.07, 6.45) is 1.70. The average Bonchev–Trinajstić information content (AvgIpc) is 2.77. The number of nitrogens with one attached hydrogen (secondary N) is 2.